The molecule has 0 radical (unpaired) electrons. The van der Waals surface area contributed by atoms with Crippen LogP contribution in [0.25, 0.3) is 0 Å². The monoisotopic (exact) mass is 290 g/mol. The normalized spacial score (nSPS) is 10.5. The van der Waals surface area contributed by atoms with Crippen LogP contribution in [0.1, 0.15) is 27.7 Å². The highest BCUT2D eigenvalue weighted by Gasteiger charge is 2.19. The minimum atomic E-state index is 0.129. The van der Waals surface area contributed by atoms with Gasteiger partial charge in [-0.2, -0.15) is 5.26 Å². The Morgan fingerprint density at radius 2 is 1.52 bits per heavy atom. The molecule has 1 heterocycles. The maximum Gasteiger partial charge on any atom is 0.105 e. The Labute approximate surface area is 128 Å². The lowest BCUT2D eigenvalue weighted by molar-refractivity contribution is 0.939. The summed E-state index contributed by atoms with van der Waals surface area (Å²) in [7, 11) is 0. The molecule has 102 valence electrons. The SMILES string of the molecule is N#CCc1csc(C(c2ccccc2)c2ccccc2)n1. The summed E-state index contributed by atoms with van der Waals surface area (Å²) in [5.41, 5.74) is 3.30. The van der Waals surface area contributed by atoms with Crippen molar-refractivity contribution in [3.05, 3.63) is 87.9 Å². The molecule has 3 aromatic rings. The van der Waals surface area contributed by atoms with E-state index in [9.17, 15) is 0 Å². The quantitative estimate of drug-likeness (QED) is 0.714. The van der Waals surface area contributed by atoms with E-state index in [0.717, 1.165) is 10.7 Å². The molecule has 0 aliphatic rings. The highest BCUT2D eigenvalue weighted by Crippen LogP contribution is 2.33. The fourth-order valence-electron chi connectivity index (χ4n) is 2.39. The Bertz CT molecular complexity index is 702. The van der Waals surface area contributed by atoms with Gasteiger partial charge in [-0.15, -0.1) is 11.3 Å². The molecule has 0 fully saturated rings. The third kappa shape index (κ3) is 3.01. The Balaban J connectivity index is 2.06. The van der Waals surface area contributed by atoms with E-state index in [0.29, 0.717) is 6.42 Å². The summed E-state index contributed by atoms with van der Waals surface area (Å²) >= 11 is 1.63. The predicted molar refractivity (Wildman–Crippen MR) is 85.3 cm³/mol. The van der Waals surface area contributed by atoms with Gasteiger partial charge in [-0.3, -0.25) is 0 Å². The summed E-state index contributed by atoms with van der Waals surface area (Å²) in [6.45, 7) is 0. The summed E-state index contributed by atoms with van der Waals surface area (Å²) in [5.74, 6) is 0.129. The third-order valence-corrected chi connectivity index (χ3v) is 4.30. The van der Waals surface area contributed by atoms with E-state index in [1.54, 1.807) is 11.3 Å². The predicted octanol–water partition coefficient (Wildman–Crippen LogP) is 4.39. The lowest BCUT2D eigenvalue weighted by Crippen LogP contribution is -2.03. The molecule has 0 aliphatic heterocycles. The molecule has 0 saturated heterocycles. The summed E-state index contributed by atoms with van der Waals surface area (Å²) < 4.78 is 0. The van der Waals surface area contributed by atoms with Crippen molar-refractivity contribution in [2.24, 2.45) is 0 Å². The van der Waals surface area contributed by atoms with Gasteiger partial charge in [0.15, 0.2) is 0 Å². The van der Waals surface area contributed by atoms with E-state index in [1.165, 1.54) is 11.1 Å². The van der Waals surface area contributed by atoms with Crippen LogP contribution >= 0.6 is 11.3 Å². The van der Waals surface area contributed by atoms with Gasteiger partial charge in [0.1, 0.15) is 5.01 Å². The lowest BCUT2D eigenvalue weighted by Gasteiger charge is -2.15. The fourth-order valence-corrected chi connectivity index (χ4v) is 3.36. The molecular weight excluding hydrogens is 276 g/mol. The van der Waals surface area contributed by atoms with Gasteiger partial charge < -0.3 is 0 Å². The van der Waals surface area contributed by atoms with E-state index in [2.05, 4.69) is 59.6 Å². The smallest absolute Gasteiger partial charge is 0.105 e. The molecule has 2 aromatic carbocycles. The Morgan fingerprint density at radius 3 is 2.05 bits per heavy atom. The number of rotatable bonds is 4. The van der Waals surface area contributed by atoms with Crippen molar-refractivity contribution in [3.63, 3.8) is 0 Å². The van der Waals surface area contributed by atoms with Crippen LogP contribution in [0.4, 0.5) is 0 Å². The molecule has 0 amide bonds. The molecule has 0 spiro atoms. The van der Waals surface area contributed by atoms with Crippen LogP contribution in [-0.2, 0) is 6.42 Å². The maximum atomic E-state index is 8.82. The summed E-state index contributed by atoms with van der Waals surface area (Å²) in [6, 6.07) is 22.9. The number of hydrogen-bond acceptors (Lipinski definition) is 3. The average Bonchev–Trinajstić information content (AvgIpc) is 2.98. The molecule has 0 N–H and O–H groups in total. The second-order valence-corrected chi connectivity index (χ2v) is 5.66. The molecule has 1 aromatic heterocycles. The van der Waals surface area contributed by atoms with Crippen LogP contribution in [0.2, 0.25) is 0 Å². The number of thiazole rings is 1. The standard InChI is InChI=1S/C18H14N2S/c19-12-11-16-13-21-18(20-16)17(14-7-3-1-4-8-14)15-9-5-2-6-10-15/h1-10,13,17H,11H2. The Kier molecular flexibility index (Phi) is 4.09. The Hall–Kier alpha value is -2.44. The van der Waals surface area contributed by atoms with Gasteiger partial charge in [-0.1, -0.05) is 60.7 Å². The zero-order valence-corrected chi connectivity index (χ0v) is 12.3. The summed E-state index contributed by atoms with van der Waals surface area (Å²) in [6.07, 6.45) is 0.368. The second kappa shape index (κ2) is 6.34. The van der Waals surface area contributed by atoms with Crippen molar-refractivity contribution in [1.82, 2.24) is 4.98 Å². The maximum absolute atomic E-state index is 8.82. The number of nitriles is 1. The molecule has 3 heteroatoms. The van der Waals surface area contributed by atoms with Gasteiger partial charge in [0, 0.05) is 5.38 Å². The van der Waals surface area contributed by atoms with Gasteiger partial charge >= 0.3 is 0 Å². The number of hydrogen-bond donors (Lipinski definition) is 0. The fraction of sp³-hybridized carbons (Fsp3) is 0.111. The first-order chi connectivity index (χ1) is 10.4. The molecule has 0 unspecified atom stereocenters. The first-order valence-electron chi connectivity index (χ1n) is 6.79. The van der Waals surface area contributed by atoms with Crippen LogP contribution in [0.15, 0.2) is 66.0 Å². The largest absolute Gasteiger partial charge is 0.244 e. The van der Waals surface area contributed by atoms with Crippen LogP contribution < -0.4 is 0 Å². The number of aromatic nitrogens is 1. The minimum Gasteiger partial charge on any atom is -0.244 e. The zero-order valence-electron chi connectivity index (χ0n) is 11.4. The van der Waals surface area contributed by atoms with E-state index in [-0.39, 0.29) is 5.92 Å². The third-order valence-electron chi connectivity index (χ3n) is 3.34. The van der Waals surface area contributed by atoms with E-state index < -0.39 is 0 Å². The van der Waals surface area contributed by atoms with Crippen molar-refractivity contribution in [2.75, 3.05) is 0 Å². The average molecular weight is 290 g/mol. The highest BCUT2D eigenvalue weighted by atomic mass is 32.1. The van der Waals surface area contributed by atoms with Crippen LogP contribution in [0.5, 0.6) is 0 Å². The van der Waals surface area contributed by atoms with Crippen molar-refractivity contribution < 1.29 is 0 Å². The topological polar surface area (TPSA) is 36.7 Å². The molecule has 3 rings (SSSR count). The van der Waals surface area contributed by atoms with Crippen LogP contribution in [0, 0.1) is 11.3 Å². The highest BCUT2D eigenvalue weighted by molar-refractivity contribution is 7.09. The van der Waals surface area contributed by atoms with Crippen molar-refractivity contribution in [1.29, 1.82) is 5.26 Å². The van der Waals surface area contributed by atoms with Crippen LogP contribution in [-0.4, -0.2) is 4.98 Å². The van der Waals surface area contributed by atoms with Crippen molar-refractivity contribution in [3.8, 4) is 6.07 Å². The van der Waals surface area contributed by atoms with Crippen molar-refractivity contribution >= 4 is 11.3 Å². The van der Waals surface area contributed by atoms with E-state index in [4.69, 9.17) is 5.26 Å². The second-order valence-electron chi connectivity index (χ2n) is 4.77. The number of nitrogens with zero attached hydrogens (tertiary/aromatic N) is 2. The van der Waals surface area contributed by atoms with Gasteiger partial charge in [-0.05, 0) is 11.1 Å². The van der Waals surface area contributed by atoms with E-state index in [1.807, 2.05) is 17.5 Å². The first kappa shape index (κ1) is 13.5. The Morgan fingerprint density at radius 1 is 0.952 bits per heavy atom. The molecule has 2 nitrogen and oxygen atoms in total. The van der Waals surface area contributed by atoms with Crippen molar-refractivity contribution in [2.45, 2.75) is 12.3 Å². The van der Waals surface area contributed by atoms with Gasteiger partial charge in [0.25, 0.3) is 0 Å². The molecular formula is C18H14N2S. The summed E-state index contributed by atoms with van der Waals surface area (Å²) in [5, 5.41) is 11.8. The first-order valence-corrected chi connectivity index (χ1v) is 7.67. The molecule has 0 saturated carbocycles. The van der Waals surface area contributed by atoms with Gasteiger partial charge in [0.05, 0.1) is 24.1 Å². The number of benzene rings is 2. The molecule has 0 bridgehead atoms. The zero-order chi connectivity index (χ0) is 14.5. The van der Waals surface area contributed by atoms with Gasteiger partial charge in [0.2, 0.25) is 0 Å². The van der Waals surface area contributed by atoms with Gasteiger partial charge in [-0.25, -0.2) is 4.98 Å². The van der Waals surface area contributed by atoms with E-state index >= 15 is 0 Å². The lowest BCUT2D eigenvalue weighted by atomic mass is 9.92. The molecule has 0 atom stereocenters. The minimum absolute atomic E-state index is 0.129. The molecule has 21 heavy (non-hydrogen) atoms. The van der Waals surface area contributed by atoms with Crippen LogP contribution in [0.3, 0.4) is 0 Å². The summed E-state index contributed by atoms with van der Waals surface area (Å²) in [4.78, 5) is 4.65. The molecule has 0 aliphatic carbocycles.